The lowest BCUT2D eigenvalue weighted by Gasteiger charge is -2.25. The Kier molecular flexibility index (Phi) is 10.7. The Labute approximate surface area is 110 Å². The third-order valence-electron chi connectivity index (χ3n) is 3.05. The highest BCUT2D eigenvalue weighted by atomic mass is 16.5. The molecule has 0 aliphatic heterocycles. The van der Waals surface area contributed by atoms with Crippen molar-refractivity contribution in [1.82, 2.24) is 9.80 Å². The van der Waals surface area contributed by atoms with Crippen LogP contribution in [0.1, 0.15) is 20.3 Å². The largest absolute Gasteiger partial charge is 0.409 e. The molecule has 0 aliphatic rings. The summed E-state index contributed by atoms with van der Waals surface area (Å²) in [6.45, 7) is 10.8. The first-order chi connectivity index (χ1) is 8.67. The van der Waals surface area contributed by atoms with Crippen molar-refractivity contribution in [2.24, 2.45) is 10.9 Å². The maximum atomic E-state index is 8.53. The molecular formula is C12H28N4O2. The monoisotopic (exact) mass is 260 g/mol. The highest BCUT2D eigenvalue weighted by Gasteiger charge is 2.08. The van der Waals surface area contributed by atoms with E-state index in [9.17, 15) is 0 Å². The van der Waals surface area contributed by atoms with Gasteiger partial charge in [-0.2, -0.15) is 0 Å². The SMILES string of the molecule is CCN(CC)CCN(CCOC)CCC(N)=NO. The van der Waals surface area contributed by atoms with Gasteiger partial charge in [0.25, 0.3) is 0 Å². The fourth-order valence-electron chi connectivity index (χ4n) is 1.70. The summed E-state index contributed by atoms with van der Waals surface area (Å²) in [5.41, 5.74) is 5.49. The molecule has 0 aromatic rings. The predicted octanol–water partition coefficient (Wildman–Crippen LogP) is 0.413. The van der Waals surface area contributed by atoms with Crippen LogP contribution in [0.4, 0.5) is 0 Å². The molecule has 0 amide bonds. The molecule has 0 aromatic heterocycles. The van der Waals surface area contributed by atoms with E-state index in [1.807, 2.05) is 0 Å². The van der Waals surface area contributed by atoms with Crippen molar-refractivity contribution >= 4 is 5.84 Å². The van der Waals surface area contributed by atoms with Crippen molar-refractivity contribution in [1.29, 1.82) is 0 Å². The Morgan fingerprint density at radius 2 is 1.72 bits per heavy atom. The zero-order valence-corrected chi connectivity index (χ0v) is 11.9. The highest BCUT2D eigenvalue weighted by Crippen LogP contribution is 1.95. The van der Waals surface area contributed by atoms with Crippen molar-refractivity contribution in [3.8, 4) is 0 Å². The Morgan fingerprint density at radius 3 is 2.22 bits per heavy atom. The van der Waals surface area contributed by atoms with Gasteiger partial charge in [0.15, 0.2) is 0 Å². The van der Waals surface area contributed by atoms with Crippen LogP contribution in [0, 0.1) is 0 Å². The number of methoxy groups -OCH3 is 1. The standard InChI is InChI=1S/C12H28N4O2/c1-4-15(5-2)8-9-16(10-11-18-3)7-6-12(13)14-17/h17H,4-11H2,1-3H3,(H2,13,14). The Morgan fingerprint density at radius 1 is 1.11 bits per heavy atom. The van der Waals surface area contributed by atoms with Crippen LogP contribution in [-0.2, 0) is 4.74 Å². The third-order valence-corrected chi connectivity index (χ3v) is 3.05. The molecule has 6 nitrogen and oxygen atoms in total. The summed E-state index contributed by atoms with van der Waals surface area (Å²) in [6.07, 6.45) is 0.582. The van der Waals surface area contributed by atoms with Gasteiger partial charge in [0, 0.05) is 39.7 Å². The average Bonchev–Trinajstić information content (AvgIpc) is 2.41. The van der Waals surface area contributed by atoms with Crippen LogP contribution in [0.2, 0.25) is 0 Å². The van der Waals surface area contributed by atoms with Gasteiger partial charge >= 0.3 is 0 Å². The summed E-state index contributed by atoms with van der Waals surface area (Å²) in [4.78, 5) is 4.66. The van der Waals surface area contributed by atoms with Crippen molar-refractivity contribution in [2.75, 3.05) is 53.0 Å². The molecule has 0 aromatic carbocycles. The van der Waals surface area contributed by atoms with Crippen LogP contribution >= 0.6 is 0 Å². The molecular weight excluding hydrogens is 232 g/mol. The fraction of sp³-hybridized carbons (Fsp3) is 0.917. The number of nitrogens with two attached hydrogens (primary N) is 1. The Hall–Kier alpha value is -0.850. The molecule has 0 rings (SSSR count). The summed E-state index contributed by atoms with van der Waals surface area (Å²) in [6, 6.07) is 0. The molecule has 108 valence electrons. The van der Waals surface area contributed by atoms with E-state index in [0.717, 1.165) is 39.3 Å². The van der Waals surface area contributed by atoms with Gasteiger partial charge in [-0.25, -0.2) is 0 Å². The smallest absolute Gasteiger partial charge is 0.140 e. The summed E-state index contributed by atoms with van der Waals surface area (Å²) in [7, 11) is 1.70. The van der Waals surface area contributed by atoms with Gasteiger partial charge < -0.3 is 20.6 Å². The minimum absolute atomic E-state index is 0.278. The van der Waals surface area contributed by atoms with Gasteiger partial charge in [0.05, 0.1) is 6.61 Å². The zero-order chi connectivity index (χ0) is 13.8. The van der Waals surface area contributed by atoms with Gasteiger partial charge in [0.1, 0.15) is 5.84 Å². The number of amidine groups is 1. The molecule has 0 radical (unpaired) electrons. The lowest BCUT2D eigenvalue weighted by molar-refractivity contribution is 0.139. The van der Waals surface area contributed by atoms with Gasteiger partial charge in [-0.15, -0.1) is 0 Å². The van der Waals surface area contributed by atoms with Crippen LogP contribution in [0.3, 0.4) is 0 Å². The van der Waals surface area contributed by atoms with E-state index in [0.29, 0.717) is 13.0 Å². The summed E-state index contributed by atoms with van der Waals surface area (Å²) in [5, 5.41) is 11.5. The van der Waals surface area contributed by atoms with Gasteiger partial charge in [-0.1, -0.05) is 19.0 Å². The van der Waals surface area contributed by atoms with Gasteiger partial charge in [-0.3, -0.25) is 4.90 Å². The second kappa shape index (κ2) is 11.3. The molecule has 0 fully saturated rings. The van der Waals surface area contributed by atoms with Crippen molar-refractivity contribution < 1.29 is 9.94 Å². The molecule has 0 aliphatic carbocycles. The van der Waals surface area contributed by atoms with E-state index in [4.69, 9.17) is 15.7 Å². The second-order valence-electron chi connectivity index (χ2n) is 4.20. The first-order valence-electron chi connectivity index (χ1n) is 6.57. The first kappa shape index (κ1) is 17.2. The topological polar surface area (TPSA) is 74.3 Å². The van der Waals surface area contributed by atoms with Crippen molar-refractivity contribution in [3.63, 3.8) is 0 Å². The van der Waals surface area contributed by atoms with Crippen LogP contribution in [0.15, 0.2) is 5.16 Å². The van der Waals surface area contributed by atoms with E-state index in [1.54, 1.807) is 7.11 Å². The molecule has 0 bridgehead atoms. The summed E-state index contributed by atoms with van der Waals surface area (Å²) >= 11 is 0. The molecule has 3 N–H and O–H groups in total. The molecule has 0 spiro atoms. The van der Waals surface area contributed by atoms with Gasteiger partial charge in [0.2, 0.25) is 0 Å². The molecule has 0 atom stereocenters. The minimum atomic E-state index is 0.278. The third kappa shape index (κ3) is 8.27. The second-order valence-corrected chi connectivity index (χ2v) is 4.20. The Balaban J connectivity index is 4.04. The molecule has 6 heteroatoms. The van der Waals surface area contributed by atoms with E-state index < -0.39 is 0 Å². The maximum Gasteiger partial charge on any atom is 0.140 e. The molecule has 0 saturated heterocycles. The van der Waals surface area contributed by atoms with Crippen LogP contribution < -0.4 is 5.73 Å². The van der Waals surface area contributed by atoms with Crippen LogP contribution in [0.5, 0.6) is 0 Å². The van der Waals surface area contributed by atoms with Gasteiger partial charge in [-0.05, 0) is 13.1 Å². The number of ether oxygens (including phenoxy) is 1. The van der Waals surface area contributed by atoms with Crippen molar-refractivity contribution in [2.45, 2.75) is 20.3 Å². The number of likely N-dealkylation sites (N-methyl/N-ethyl adjacent to an activating group) is 1. The number of hydrogen-bond acceptors (Lipinski definition) is 5. The number of rotatable bonds is 11. The molecule has 0 saturated carbocycles. The van der Waals surface area contributed by atoms with E-state index in [-0.39, 0.29) is 5.84 Å². The van der Waals surface area contributed by atoms with E-state index >= 15 is 0 Å². The summed E-state index contributed by atoms with van der Waals surface area (Å²) in [5.74, 6) is 0.278. The average molecular weight is 260 g/mol. The zero-order valence-electron chi connectivity index (χ0n) is 11.9. The highest BCUT2D eigenvalue weighted by molar-refractivity contribution is 5.79. The molecule has 18 heavy (non-hydrogen) atoms. The number of hydrogen-bond donors (Lipinski definition) is 2. The Bertz CT molecular complexity index is 220. The molecule has 0 unspecified atom stereocenters. The normalized spacial score (nSPS) is 12.6. The quantitative estimate of drug-likeness (QED) is 0.244. The first-order valence-corrected chi connectivity index (χ1v) is 6.57. The fourth-order valence-corrected chi connectivity index (χ4v) is 1.70. The number of oxime groups is 1. The molecule has 0 heterocycles. The van der Waals surface area contributed by atoms with E-state index in [2.05, 4.69) is 28.8 Å². The lowest BCUT2D eigenvalue weighted by atomic mass is 10.3. The van der Waals surface area contributed by atoms with Crippen LogP contribution in [-0.4, -0.2) is 73.8 Å². The van der Waals surface area contributed by atoms with E-state index in [1.165, 1.54) is 0 Å². The summed E-state index contributed by atoms with van der Waals surface area (Å²) < 4.78 is 5.10. The predicted molar refractivity (Wildman–Crippen MR) is 74.1 cm³/mol. The lowest BCUT2D eigenvalue weighted by Crippen LogP contribution is -2.38. The van der Waals surface area contributed by atoms with Crippen molar-refractivity contribution in [3.05, 3.63) is 0 Å². The number of nitrogens with zero attached hydrogens (tertiary/aromatic N) is 3. The maximum absolute atomic E-state index is 8.53. The minimum Gasteiger partial charge on any atom is -0.409 e. The van der Waals surface area contributed by atoms with Crippen LogP contribution in [0.25, 0.3) is 0 Å².